The zero-order chi connectivity index (χ0) is 9.97. The molecule has 0 saturated heterocycles. The normalized spacial score (nSPS) is 13.3. The van der Waals surface area contributed by atoms with Crippen LogP contribution in [0.25, 0.3) is 11.0 Å². The van der Waals surface area contributed by atoms with Crippen LogP contribution in [0.15, 0.2) is 28.9 Å². The standard InChI is InChI=1S/C11H14N2O/c1-8(5-6-12)9-3-2-4-11-10(9)7-13-14-11/h2-4,7-8H,5-6,12H2,1H3. The van der Waals surface area contributed by atoms with Crippen molar-refractivity contribution in [3.63, 3.8) is 0 Å². The molecule has 3 heteroatoms. The number of hydrogen-bond acceptors (Lipinski definition) is 3. The third-order valence-electron chi connectivity index (χ3n) is 2.56. The highest BCUT2D eigenvalue weighted by atomic mass is 16.5. The molecule has 1 unspecified atom stereocenters. The van der Waals surface area contributed by atoms with E-state index in [1.807, 2.05) is 12.1 Å². The predicted octanol–water partition coefficient (Wildman–Crippen LogP) is 2.28. The summed E-state index contributed by atoms with van der Waals surface area (Å²) in [6.07, 6.45) is 2.77. The van der Waals surface area contributed by atoms with Gasteiger partial charge in [0.1, 0.15) is 0 Å². The van der Waals surface area contributed by atoms with E-state index in [0.29, 0.717) is 12.5 Å². The smallest absolute Gasteiger partial charge is 0.167 e. The third-order valence-corrected chi connectivity index (χ3v) is 2.56. The molecule has 1 aromatic carbocycles. The van der Waals surface area contributed by atoms with Gasteiger partial charge in [0, 0.05) is 5.39 Å². The van der Waals surface area contributed by atoms with E-state index in [0.717, 1.165) is 17.4 Å². The molecular weight excluding hydrogens is 176 g/mol. The number of nitrogens with zero attached hydrogens (tertiary/aromatic N) is 1. The number of hydrogen-bond donors (Lipinski definition) is 1. The molecule has 0 aliphatic carbocycles. The van der Waals surface area contributed by atoms with Gasteiger partial charge in [-0.3, -0.25) is 0 Å². The minimum absolute atomic E-state index is 0.461. The molecule has 3 nitrogen and oxygen atoms in total. The van der Waals surface area contributed by atoms with Crippen LogP contribution in [-0.4, -0.2) is 11.7 Å². The lowest BCUT2D eigenvalue weighted by Gasteiger charge is -2.10. The molecule has 1 aromatic heterocycles. The van der Waals surface area contributed by atoms with Gasteiger partial charge in [0.2, 0.25) is 0 Å². The van der Waals surface area contributed by atoms with E-state index in [9.17, 15) is 0 Å². The van der Waals surface area contributed by atoms with Crippen LogP contribution in [0.1, 0.15) is 24.8 Å². The molecule has 0 aliphatic heterocycles. The van der Waals surface area contributed by atoms with Gasteiger partial charge in [-0.25, -0.2) is 0 Å². The van der Waals surface area contributed by atoms with Gasteiger partial charge in [-0.05, 0) is 30.5 Å². The van der Waals surface area contributed by atoms with E-state index in [-0.39, 0.29) is 0 Å². The first-order valence-electron chi connectivity index (χ1n) is 4.86. The van der Waals surface area contributed by atoms with Crippen molar-refractivity contribution in [1.29, 1.82) is 0 Å². The Morgan fingerprint density at radius 3 is 3.14 bits per heavy atom. The molecule has 2 N–H and O–H groups in total. The molecule has 2 rings (SSSR count). The molecule has 1 atom stereocenters. The quantitative estimate of drug-likeness (QED) is 0.807. The first-order chi connectivity index (χ1) is 6.83. The van der Waals surface area contributed by atoms with E-state index in [2.05, 4.69) is 18.1 Å². The van der Waals surface area contributed by atoms with Crippen LogP contribution in [0.4, 0.5) is 0 Å². The van der Waals surface area contributed by atoms with E-state index in [4.69, 9.17) is 10.3 Å². The highest BCUT2D eigenvalue weighted by Gasteiger charge is 2.10. The molecule has 0 aliphatic rings. The SMILES string of the molecule is CC(CCN)c1cccc2oncc12. The molecule has 14 heavy (non-hydrogen) atoms. The van der Waals surface area contributed by atoms with E-state index in [1.54, 1.807) is 6.20 Å². The van der Waals surface area contributed by atoms with Crippen molar-refractivity contribution in [2.24, 2.45) is 5.73 Å². The molecule has 2 aromatic rings. The summed E-state index contributed by atoms with van der Waals surface area (Å²) in [7, 11) is 0. The maximum atomic E-state index is 5.55. The van der Waals surface area contributed by atoms with Crippen molar-refractivity contribution in [2.75, 3.05) is 6.54 Å². The molecule has 0 radical (unpaired) electrons. The first kappa shape index (κ1) is 9.21. The molecule has 0 fully saturated rings. The zero-order valence-electron chi connectivity index (χ0n) is 8.23. The Hall–Kier alpha value is -1.35. The summed E-state index contributed by atoms with van der Waals surface area (Å²) in [5, 5.41) is 4.90. The number of aromatic nitrogens is 1. The lowest BCUT2D eigenvalue weighted by molar-refractivity contribution is 0.456. The first-order valence-corrected chi connectivity index (χ1v) is 4.86. The van der Waals surface area contributed by atoms with E-state index in [1.165, 1.54) is 5.56 Å². The average Bonchev–Trinajstić information content (AvgIpc) is 2.65. The fraction of sp³-hybridized carbons (Fsp3) is 0.364. The maximum absolute atomic E-state index is 5.55. The summed E-state index contributed by atoms with van der Waals surface area (Å²) >= 11 is 0. The van der Waals surface area contributed by atoms with Crippen molar-refractivity contribution < 1.29 is 4.52 Å². The van der Waals surface area contributed by atoms with Gasteiger partial charge in [0.25, 0.3) is 0 Å². The van der Waals surface area contributed by atoms with Crippen molar-refractivity contribution >= 4 is 11.0 Å². The maximum Gasteiger partial charge on any atom is 0.167 e. The van der Waals surface area contributed by atoms with Gasteiger partial charge < -0.3 is 10.3 Å². The monoisotopic (exact) mass is 190 g/mol. The van der Waals surface area contributed by atoms with Crippen molar-refractivity contribution in [3.05, 3.63) is 30.0 Å². The Morgan fingerprint density at radius 2 is 2.36 bits per heavy atom. The minimum atomic E-state index is 0.461. The second-order valence-corrected chi connectivity index (χ2v) is 3.56. The summed E-state index contributed by atoms with van der Waals surface area (Å²) < 4.78 is 5.11. The lowest BCUT2D eigenvalue weighted by atomic mass is 9.95. The highest BCUT2D eigenvalue weighted by molar-refractivity contribution is 5.80. The average molecular weight is 190 g/mol. The number of rotatable bonds is 3. The fourth-order valence-electron chi connectivity index (χ4n) is 1.75. The molecule has 0 saturated carbocycles. The van der Waals surface area contributed by atoms with Gasteiger partial charge in [-0.15, -0.1) is 0 Å². The minimum Gasteiger partial charge on any atom is -0.356 e. The second-order valence-electron chi connectivity index (χ2n) is 3.56. The molecular formula is C11H14N2O. The summed E-state index contributed by atoms with van der Waals surface area (Å²) in [5.41, 5.74) is 7.67. The van der Waals surface area contributed by atoms with Crippen molar-refractivity contribution in [3.8, 4) is 0 Å². The highest BCUT2D eigenvalue weighted by Crippen LogP contribution is 2.26. The number of fused-ring (bicyclic) bond motifs is 1. The summed E-state index contributed by atoms with van der Waals surface area (Å²) in [6, 6.07) is 6.04. The summed E-state index contributed by atoms with van der Waals surface area (Å²) in [4.78, 5) is 0. The molecule has 1 heterocycles. The van der Waals surface area contributed by atoms with Gasteiger partial charge >= 0.3 is 0 Å². The Kier molecular flexibility index (Phi) is 2.50. The molecule has 0 amide bonds. The van der Waals surface area contributed by atoms with E-state index < -0.39 is 0 Å². The van der Waals surface area contributed by atoms with Crippen LogP contribution < -0.4 is 5.73 Å². The van der Waals surface area contributed by atoms with Crippen molar-refractivity contribution in [1.82, 2.24) is 5.16 Å². The predicted molar refractivity (Wildman–Crippen MR) is 56.1 cm³/mol. The largest absolute Gasteiger partial charge is 0.356 e. The van der Waals surface area contributed by atoms with Gasteiger partial charge in [0.15, 0.2) is 5.58 Å². The topological polar surface area (TPSA) is 52.0 Å². The Balaban J connectivity index is 2.45. The third kappa shape index (κ3) is 1.51. The van der Waals surface area contributed by atoms with E-state index >= 15 is 0 Å². The van der Waals surface area contributed by atoms with Crippen LogP contribution in [-0.2, 0) is 0 Å². The molecule has 0 spiro atoms. The number of nitrogens with two attached hydrogens (primary N) is 1. The summed E-state index contributed by atoms with van der Waals surface area (Å²) in [6.45, 7) is 2.89. The summed E-state index contributed by atoms with van der Waals surface area (Å²) in [5.74, 6) is 0.461. The Morgan fingerprint density at radius 1 is 1.50 bits per heavy atom. The van der Waals surface area contributed by atoms with Crippen molar-refractivity contribution in [2.45, 2.75) is 19.3 Å². The molecule has 74 valence electrons. The van der Waals surface area contributed by atoms with Crippen LogP contribution in [0.2, 0.25) is 0 Å². The lowest BCUT2D eigenvalue weighted by Crippen LogP contribution is -2.04. The fourth-order valence-corrected chi connectivity index (χ4v) is 1.75. The second kappa shape index (κ2) is 3.80. The van der Waals surface area contributed by atoms with Crippen LogP contribution >= 0.6 is 0 Å². The van der Waals surface area contributed by atoms with Gasteiger partial charge in [-0.2, -0.15) is 0 Å². The molecule has 0 bridgehead atoms. The van der Waals surface area contributed by atoms with Gasteiger partial charge in [-0.1, -0.05) is 24.2 Å². The number of benzene rings is 1. The zero-order valence-corrected chi connectivity index (χ0v) is 8.23. The Labute approximate surface area is 82.9 Å². The van der Waals surface area contributed by atoms with Crippen LogP contribution in [0.3, 0.4) is 0 Å². The Bertz CT molecular complexity index is 422. The van der Waals surface area contributed by atoms with Gasteiger partial charge in [0.05, 0.1) is 6.20 Å². The van der Waals surface area contributed by atoms with Crippen LogP contribution in [0, 0.1) is 0 Å². The van der Waals surface area contributed by atoms with Crippen LogP contribution in [0.5, 0.6) is 0 Å².